The number of carbonyl (C=O) groups is 1. The molecule has 3 aromatic carbocycles. The van der Waals surface area contributed by atoms with Gasteiger partial charge in [0.25, 0.3) is 0 Å². The van der Waals surface area contributed by atoms with E-state index in [-0.39, 0.29) is 5.97 Å². The fourth-order valence-corrected chi connectivity index (χ4v) is 2.98. The molecule has 25 heavy (non-hydrogen) atoms. The lowest BCUT2D eigenvalue weighted by molar-refractivity contribution is -0.152. The molecule has 0 heterocycles. The monoisotopic (exact) mass is 348 g/mol. The first kappa shape index (κ1) is 17.3. The van der Waals surface area contributed by atoms with Gasteiger partial charge in [0.15, 0.2) is 5.60 Å². The quantitative estimate of drug-likeness (QED) is 0.406. The first-order chi connectivity index (χ1) is 12.1. The van der Waals surface area contributed by atoms with E-state index in [9.17, 15) is 4.79 Å². The largest absolute Gasteiger partial charge is 0.443 e. The molecule has 0 amide bonds. The van der Waals surface area contributed by atoms with Crippen molar-refractivity contribution in [3.8, 4) is 0 Å². The molecule has 1 atom stereocenters. The van der Waals surface area contributed by atoms with Gasteiger partial charge in [-0.1, -0.05) is 91.0 Å². The summed E-state index contributed by atoms with van der Waals surface area (Å²) >= 11 is 4.27. The average molecular weight is 348 g/mol. The molecule has 0 aliphatic rings. The standard InChI is InChI=1S/C22H20O2S/c1-17(25)21(23)24-22(18-11-5-2-6-12-18,19-13-7-3-8-14-19)20-15-9-4-10-16-20/h2-17,25H,1H3. The molecule has 0 spiro atoms. The maximum absolute atomic E-state index is 12.6. The Bertz CT molecular complexity index is 718. The van der Waals surface area contributed by atoms with Gasteiger partial charge in [-0.15, -0.1) is 0 Å². The van der Waals surface area contributed by atoms with Crippen molar-refractivity contribution >= 4 is 18.6 Å². The summed E-state index contributed by atoms with van der Waals surface area (Å²) in [5.74, 6) is -0.361. The fraction of sp³-hybridized carbons (Fsp3) is 0.136. The highest BCUT2D eigenvalue weighted by Gasteiger charge is 2.40. The highest BCUT2D eigenvalue weighted by atomic mass is 32.1. The predicted molar refractivity (Wildman–Crippen MR) is 104 cm³/mol. The van der Waals surface area contributed by atoms with Crippen LogP contribution < -0.4 is 0 Å². The Morgan fingerprint density at radius 1 is 0.760 bits per heavy atom. The SMILES string of the molecule is CC(S)C(=O)OC(c1ccccc1)(c1ccccc1)c1ccccc1. The summed E-state index contributed by atoms with van der Waals surface area (Å²) in [5, 5.41) is -0.518. The van der Waals surface area contributed by atoms with E-state index in [0.29, 0.717) is 0 Å². The second-order valence-electron chi connectivity index (χ2n) is 5.88. The van der Waals surface area contributed by atoms with Crippen molar-refractivity contribution in [3.63, 3.8) is 0 Å². The third-order valence-corrected chi connectivity index (χ3v) is 4.35. The molecule has 3 rings (SSSR count). The second kappa shape index (κ2) is 7.58. The molecule has 0 fully saturated rings. The number of rotatable bonds is 5. The molecule has 0 aliphatic heterocycles. The molecule has 0 aromatic heterocycles. The molecule has 0 bridgehead atoms. The Morgan fingerprint density at radius 2 is 1.08 bits per heavy atom. The summed E-state index contributed by atoms with van der Waals surface area (Å²) in [6.07, 6.45) is 0. The van der Waals surface area contributed by atoms with Crippen LogP contribution in [0, 0.1) is 0 Å². The molecular formula is C22H20O2S. The molecule has 2 nitrogen and oxygen atoms in total. The molecular weight excluding hydrogens is 328 g/mol. The summed E-state index contributed by atoms with van der Waals surface area (Å²) in [6.45, 7) is 1.72. The highest BCUT2D eigenvalue weighted by Crippen LogP contribution is 2.40. The first-order valence-corrected chi connectivity index (χ1v) is 8.74. The van der Waals surface area contributed by atoms with Crippen molar-refractivity contribution in [1.29, 1.82) is 0 Å². The van der Waals surface area contributed by atoms with Gasteiger partial charge in [0.05, 0.1) is 5.25 Å². The third-order valence-electron chi connectivity index (χ3n) is 4.14. The van der Waals surface area contributed by atoms with Gasteiger partial charge in [0, 0.05) is 16.7 Å². The van der Waals surface area contributed by atoms with Crippen molar-refractivity contribution in [1.82, 2.24) is 0 Å². The summed E-state index contributed by atoms with van der Waals surface area (Å²) in [5.41, 5.74) is 1.68. The predicted octanol–water partition coefficient (Wildman–Crippen LogP) is 4.84. The van der Waals surface area contributed by atoms with Crippen LogP contribution in [0.15, 0.2) is 91.0 Å². The number of thiol groups is 1. The van der Waals surface area contributed by atoms with Crippen molar-refractivity contribution in [3.05, 3.63) is 108 Å². The second-order valence-corrected chi connectivity index (χ2v) is 6.65. The highest BCUT2D eigenvalue weighted by molar-refractivity contribution is 7.81. The molecule has 126 valence electrons. The van der Waals surface area contributed by atoms with Crippen LogP contribution in [0.2, 0.25) is 0 Å². The van der Waals surface area contributed by atoms with Gasteiger partial charge in [-0.3, -0.25) is 4.79 Å². The molecule has 0 N–H and O–H groups in total. The van der Waals surface area contributed by atoms with Gasteiger partial charge in [-0.05, 0) is 6.92 Å². The Balaban J connectivity index is 2.29. The Kier molecular flexibility index (Phi) is 5.25. The van der Waals surface area contributed by atoms with Gasteiger partial charge in [-0.25, -0.2) is 0 Å². The van der Waals surface area contributed by atoms with Gasteiger partial charge in [-0.2, -0.15) is 12.6 Å². The van der Waals surface area contributed by atoms with E-state index in [1.807, 2.05) is 91.0 Å². The van der Waals surface area contributed by atoms with Gasteiger partial charge in [0.2, 0.25) is 0 Å². The van der Waals surface area contributed by atoms with E-state index in [4.69, 9.17) is 4.74 Å². The molecule has 3 aromatic rings. The minimum Gasteiger partial charge on any atom is -0.443 e. The van der Waals surface area contributed by atoms with Crippen LogP contribution in [-0.4, -0.2) is 11.2 Å². The minimum absolute atomic E-state index is 0.361. The van der Waals surface area contributed by atoms with Crippen LogP contribution in [0.4, 0.5) is 0 Å². The van der Waals surface area contributed by atoms with Crippen molar-refractivity contribution < 1.29 is 9.53 Å². The van der Waals surface area contributed by atoms with E-state index < -0.39 is 10.9 Å². The molecule has 3 heteroatoms. The Labute approximate surface area is 153 Å². The minimum atomic E-state index is -1.02. The molecule has 0 saturated carbocycles. The smallest absolute Gasteiger partial charge is 0.320 e. The first-order valence-electron chi connectivity index (χ1n) is 8.22. The number of esters is 1. The topological polar surface area (TPSA) is 26.3 Å². The van der Waals surface area contributed by atoms with Gasteiger partial charge >= 0.3 is 5.97 Å². The normalized spacial score (nSPS) is 12.4. The van der Waals surface area contributed by atoms with Crippen molar-refractivity contribution in [2.24, 2.45) is 0 Å². The van der Waals surface area contributed by atoms with Gasteiger partial charge < -0.3 is 4.74 Å². The fourth-order valence-electron chi connectivity index (χ4n) is 2.93. The third kappa shape index (κ3) is 3.47. The maximum Gasteiger partial charge on any atom is 0.320 e. The van der Waals surface area contributed by atoms with E-state index >= 15 is 0 Å². The Morgan fingerprint density at radius 3 is 1.36 bits per heavy atom. The van der Waals surface area contributed by atoms with E-state index in [2.05, 4.69) is 12.6 Å². The molecule has 1 unspecified atom stereocenters. The van der Waals surface area contributed by atoms with E-state index in [0.717, 1.165) is 16.7 Å². The van der Waals surface area contributed by atoms with Crippen molar-refractivity contribution in [2.75, 3.05) is 0 Å². The number of ether oxygens (including phenoxy) is 1. The summed E-state index contributed by atoms with van der Waals surface area (Å²) in [6, 6.07) is 29.5. The van der Waals surface area contributed by atoms with E-state index in [1.54, 1.807) is 6.92 Å². The molecule has 0 aliphatic carbocycles. The summed E-state index contributed by atoms with van der Waals surface area (Å²) < 4.78 is 6.14. The maximum atomic E-state index is 12.6. The number of hydrogen-bond donors (Lipinski definition) is 1. The van der Waals surface area contributed by atoms with Gasteiger partial charge in [0.1, 0.15) is 0 Å². The van der Waals surface area contributed by atoms with E-state index in [1.165, 1.54) is 0 Å². The number of carbonyl (C=O) groups excluding carboxylic acids is 1. The molecule has 0 radical (unpaired) electrons. The summed E-state index contributed by atoms with van der Waals surface area (Å²) in [4.78, 5) is 12.6. The van der Waals surface area contributed by atoms with Crippen LogP contribution in [-0.2, 0) is 15.1 Å². The lowest BCUT2D eigenvalue weighted by atomic mass is 9.80. The zero-order valence-electron chi connectivity index (χ0n) is 14.0. The van der Waals surface area contributed by atoms with Crippen LogP contribution in [0.25, 0.3) is 0 Å². The van der Waals surface area contributed by atoms with Crippen LogP contribution >= 0.6 is 12.6 Å². The number of hydrogen-bond acceptors (Lipinski definition) is 3. The summed E-state index contributed by atoms with van der Waals surface area (Å²) in [7, 11) is 0. The van der Waals surface area contributed by atoms with Crippen LogP contribution in [0.1, 0.15) is 23.6 Å². The number of benzene rings is 3. The van der Waals surface area contributed by atoms with Crippen LogP contribution in [0.5, 0.6) is 0 Å². The Hall–Kier alpha value is -2.52. The lowest BCUT2D eigenvalue weighted by Crippen LogP contribution is -2.37. The van der Waals surface area contributed by atoms with Crippen molar-refractivity contribution in [2.45, 2.75) is 17.8 Å². The molecule has 0 saturated heterocycles. The lowest BCUT2D eigenvalue weighted by Gasteiger charge is -2.35. The van der Waals surface area contributed by atoms with Crippen LogP contribution in [0.3, 0.4) is 0 Å². The average Bonchev–Trinajstić information content (AvgIpc) is 2.68. The zero-order chi connectivity index (χ0) is 17.7. The zero-order valence-corrected chi connectivity index (χ0v) is 14.9.